The number of carbonyl (C=O) groups is 2. The van der Waals surface area contributed by atoms with Gasteiger partial charge in [-0.05, 0) is 34.9 Å². The summed E-state index contributed by atoms with van der Waals surface area (Å²) in [6.45, 7) is 1.12. The van der Waals surface area contributed by atoms with E-state index in [0.717, 1.165) is 11.1 Å². The van der Waals surface area contributed by atoms with Crippen molar-refractivity contribution in [1.82, 2.24) is 5.32 Å². The maximum atomic E-state index is 11.3. The summed E-state index contributed by atoms with van der Waals surface area (Å²) >= 11 is 0. The molecule has 0 bridgehead atoms. The average Bonchev–Trinajstić information content (AvgIpc) is 2.75. The van der Waals surface area contributed by atoms with Crippen molar-refractivity contribution in [3.8, 4) is 5.75 Å². The van der Waals surface area contributed by atoms with E-state index in [-0.39, 0.29) is 12.2 Å². The fourth-order valence-corrected chi connectivity index (χ4v) is 3.31. The summed E-state index contributed by atoms with van der Waals surface area (Å²) in [5.41, 5.74) is 6.10. The first-order valence-electron chi connectivity index (χ1n) is 9.55. The smallest absolute Gasteiger partial charge is 0.407 e. The van der Waals surface area contributed by atoms with Crippen LogP contribution in [-0.2, 0) is 19.0 Å². The molecule has 0 unspecified atom stereocenters. The number of benzene rings is 2. The van der Waals surface area contributed by atoms with Crippen molar-refractivity contribution in [2.24, 2.45) is 5.73 Å². The molecule has 0 radical (unpaired) electrons. The summed E-state index contributed by atoms with van der Waals surface area (Å²) in [5.74, 6) is 0.298. The van der Waals surface area contributed by atoms with E-state index in [4.69, 9.17) is 19.9 Å². The molecule has 2 aromatic rings. The van der Waals surface area contributed by atoms with E-state index in [9.17, 15) is 9.59 Å². The number of nitrogens with one attached hydrogen (secondary N) is 1. The average molecular weight is 402 g/mol. The zero-order chi connectivity index (χ0) is 20.6. The lowest BCUT2D eigenvalue weighted by Crippen LogP contribution is -2.33. The Morgan fingerprint density at radius 2 is 2.00 bits per heavy atom. The molecule has 2 amide bonds. The molecule has 0 spiro atoms. The summed E-state index contributed by atoms with van der Waals surface area (Å²) in [7, 11) is 1.66. The number of primary amides is 1. The van der Waals surface area contributed by atoms with Crippen molar-refractivity contribution in [2.75, 3.05) is 33.5 Å². The van der Waals surface area contributed by atoms with E-state index in [1.807, 2.05) is 18.2 Å². The van der Waals surface area contributed by atoms with Crippen LogP contribution in [0.1, 0.15) is 24.3 Å². The van der Waals surface area contributed by atoms with Gasteiger partial charge in [0.25, 0.3) is 5.91 Å². The van der Waals surface area contributed by atoms with Gasteiger partial charge in [0.1, 0.15) is 5.75 Å². The third kappa shape index (κ3) is 5.82. The standard InChI is InChI=1S/C21H26N2O6/c1-26-16-7-8-18-14(10-16)4-2-5-17(18)15-11-27-20(28-12-15)6-3-9-23-21(25)29-13-19(22)24/h2,4-5,7-8,10,15,20H,3,6,9,11-13H2,1H3,(H2,22,24)(H,23,25)/t15-,20-. The minimum Gasteiger partial charge on any atom is -0.497 e. The maximum absolute atomic E-state index is 11.3. The monoisotopic (exact) mass is 402 g/mol. The molecular weight excluding hydrogens is 376 g/mol. The number of fused-ring (bicyclic) bond motifs is 1. The molecule has 2 aromatic carbocycles. The summed E-state index contributed by atoms with van der Waals surface area (Å²) in [4.78, 5) is 21.9. The number of amides is 2. The highest BCUT2D eigenvalue weighted by molar-refractivity contribution is 5.87. The van der Waals surface area contributed by atoms with Crippen LogP contribution in [0.15, 0.2) is 36.4 Å². The van der Waals surface area contributed by atoms with Crippen LogP contribution >= 0.6 is 0 Å². The van der Waals surface area contributed by atoms with Gasteiger partial charge >= 0.3 is 6.09 Å². The van der Waals surface area contributed by atoms with Gasteiger partial charge in [-0.25, -0.2) is 4.79 Å². The lowest BCUT2D eigenvalue weighted by molar-refractivity contribution is -0.189. The molecule has 1 aliphatic heterocycles. The van der Waals surface area contributed by atoms with Gasteiger partial charge in [-0.15, -0.1) is 0 Å². The number of hydrogen-bond donors (Lipinski definition) is 2. The first kappa shape index (κ1) is 20.9. The molecule has 1 aliphatic rings. The molecule has 0 aliphatic carbocycles. The molecule has 3 N–H and O–H groups in total. The Morgan fingerprint density at radius 1 is 1.21 bits per heavy atom. The van der Waals surface area contributed by atoms with Crippen LogP contribution in [0.25, 0.3) is 10.8 Å². The number of ether oxygens (including phenoxy) is 4. The van der Waals surface area contributed by atoms with Crippen molar-refractivity contribution < 1.29 is 28.5 Å². The van der Waals surface area contributed by atoms with Crippen molar-refractivity contribution in [2.45, 2.75) is 25.0 Å². The zero-order valence-corrected chi connectivity index (χ0v) is 16.4. The summed E-state index contributed by atoms with van der Waals surface area (Å²) in [6.07, 6.45) is 0.344. The van der Waals surface area contributed by atoms with Crippen LogP contribution in [0.3, 0.4) is 0 Å². The van der Waals surface area contributed by atoms with E-state index in [1.165, 1.54) is 10.9 Å². The largest absolute Gasteiger partial charge is 0.497 e. The number of methoxy groups -OCH3 is 1. The molecule has 1 heterocycles. The Labute approximate surface area is 169 Å². The minimum atomic E-state index is -0.691. The van der Waals surface area contributed by atoms with Gasteiger partial charge in [-0.2, -0.15) is 0 Å². The van der Waals surface area contributed by atoms with Crippen LogP contribution in [0.2, 0.25) is 0 Å². The Bertz CT molecular complexity index is 848. The molecule has 156 valence electrons. The van der Waals surface area contributed by atoms with Gasteiger partial charge in [0.05, 0.1) is 20.3 Å². The number of carbonyl (C=O) groups excluding carboxylic acids is 2. The van der Waals surface area contributed by atoms with Crippen LogP contribution in [0.5, 0.6) is 5.75 Å². The molecule has 29 heavy (non-hydrogen) atoms. The van der Waals surface area contributed by atoms with Crippen LogP contribution in [-0.4, -0.2) is 51.8 Å². The van der Waals surface area contributed by atoms with Crippen LogP contribution in [0, 0.1) is 0 Å². The van der Waals surface area contributed by atoms with Gasteiger partial charge < -0.3 is 30.0 Å². The number of hydrogen-bond acceptors (Lipinski definition) is 6. The Balaban J connectivity index is 1.44. The van der Waals surface area contributed by atoms with Crippen molar-refractivity contribution in [1.29, 1.82) is 0 Å². The molecule has 8 nitrogen and oxygen atoms in total. The van der Waals surface area contributed by atoms with Gasteiger partial charge in [0, 0.05) is 18.9 Å². The Morgan fingerprint density at radius 3 is 2.72 bits per heavy atom. The molecule has 0 atom stereocenters. The van der Waals surface area contributed by atoms with Gasteiger partial charge in [-0.3, -0.25) is 4.79 Å². The lowest BCUT2D eigenvalue weighted by atomic mass is 9.94. The van der Waals surface area contributed by atoms with E-state index >= 15 is 0 Å². The zero-order valence-electron chi connectivity index (χ0n) is 16.4. The molecule has 3 rings (SSSR count). The number of nitrogens with two attached hydrogens (primary N) is 1. The third-order valence-electron chi connectivity index (χ3n) is 4.76. The van der Waals surface area contributed by atoms with Crippen LogP contribution in [0.4, 0.5) is 4.79 Å². The minimum absolute atomic E-state index is 0.158. The predicted octanol–water partition coefficient (Wildman–Crippen LogP) is 2.30. The van der Waals surface area contributed by atoms with E-state index in [2.05, 4.69) is 28.3 Å². The highest BCUT2D eigenvalue weighted by Crippen LogP contribution is 2.31. The maximum Gasteiger partial charge on any atom is 0.407 e. The van der Waals surface area contributed by atoms with Crippen molar-refractivity contribution >= 4 is 22.8 Å². The van der Waals surface area contributed by atoms with Gasteiger partial charge in [-0.1, -0.05) is 24.3 Å². The predicted molar refractivity (Wildman–Crippen MR) is 107 cm³/mol. The van der Waals surface area contributed by atoms with Crippen LogP contribution < -0.4 is 15.8 Å². The molecule has 0 saturated carbocycles. The molecule has 1 saturated heterocycles. The Hall–Kier alpha value is -2.84. The first-order chi connectivity index (χ1) is 14.1. The fraction of sp³-hybridized carbons (Fsp3) is 0.429. The summed E-state index contributed by atoms with van der Waals surface area (Å²) in [5, 5.41) is 4.84. The van der Waals surface area contributed by atoms with Gasteiger partial charge in [0.2, 0.25) is 0 Å². The third-order valence-corrected chi connectivity index (χ3v) is 4.76. The molecular formula is C21H26N2O6. The topological polar surface area (TPSA) is 109 Å². The molecule has 1 fully saturated rings. The van der Waals surface area contributed by atoms with E-state index in [0.29, 0.717) is 32.6 Å². The SMILES string of the molecule is COc1ccc2c(cccc2[C@H]2CO[C@H](CCCNC(=O)OCC(N)=O)OC2)c1. The van der Waals surface area contributed by atoms with Crippen molar-refractivity contribution in [3.05, 3.63) is 42.0 Å². The second-order valence-electron chi connectivity index (χ2n) is 6.84. The summed E-state index contributed by atoms with van der Waals surface area (Å²) in [6, 6.07) is 12.3. The lowest BCUT2D eigenvalue weighted by Gasteiger charge is -2.30. The molecule has 8 heteroatoms. The second kappa shape index (κ2) is 10.1. The summed E-state index contributed by atoms with van der Waals surface area (Å²) < 4.78 is 21.7. The normalized spacial score (nSPS) is 18.9. The highest BCUT2D eigenvalue weighted by Gasteiger charge is 2.24. The number of rotatable bonds is 8. The van der Waals surface area contributed by atoms with Crippen molar-refractivity contribution in [3.63, 3.8) is 0 Å². The highest BCUT2D eigenvalue weighted by atomic mass is 16.7. The van der Waals surface area contributed by atoms with E-state index < -0.39 is 18.6 Å². The van der Waals surface area contributed by atoms with E-state index in [1.54, 1.807) is 7.11 Å². The first-order valence-corrected chi connectivity index (χ1v) is 9.55. The van der Waals surface area contributed by atoms with Gasteiger partial charge in [0.15, 0.2) is 12.9 Å². The number of alkyl carbamates (subject to hydrolysis) is 1. The second-order valence-corrected chi connectivity index (χ2v) is 6.84. The quantitative estimate of drug-likeness (QED) is 0.656. The Kier molecular flexibility index (Phi) is 7.26. The fourth-order valence-electron chi connectivity index (χ4n) is 3.31. The molecule has 0 aromatic heterocycles.